The fourth-order valence-electron chi connectivity index (χ4n) is 3.41. The third-order valence-corrected chi connectivity index (χ3v) is 5.03. The molecule has 0 unspecified atom stereocenters. The van der Waals surface area contributed by atoms with Gasteiger partial charge in [-0.15, -0.1) is 11.8 Å². The first kappa shape index (κ1) is 17.4. The molecule has 1 saturated heterocycles. The van der Waals surface area contributed by atoms with E-state index in [-0.39, 0.29) is 5.91 Å². The molecule has 0 radical (unpaired) electrons. The Morgan fingerprint density at radius 3 is 2.64 bits per heavy atom. The number of likely N-dealkylation sites (tertiary alicyclic amines) is 1. The number of nitrogens with one attached hydrogen (secondary N) is 1. The zero-order valence-electron chi connectivity index (χ0n) is 14.0. The van der Waals surface area contributed by atoms with Crippen LogP contribution in [0.15, 0.2) is 29.2 Å². The second-order valence-corrected chi connectivity index (χ2v) is 7.36. The first-order chi connectivity index (χ1) is 10.6. The van der Waals surface area contributed by atoms with Crippen LogP contribution in [0.25, 0.3) is 0 Å². The highest BCUT2D eigenvalue weighted by atomic mass is 32.2. The quantitative estimate of drug-likeness (QED) is 0.643. The topological polar surface area (TPSA) is 32.3 Å². The van der Waals surface area contributed by atoms with E-state index >= 15 is 0 Å². The number of benzene rings is 1. The largest absolute Gasteiger partial charge is 0.352 e. The molecule has 22 heavy (non-hydrogen) atoms. The normalized spacial score (nSPS) is 22.5. The molecule has 1 heterocycles. The zero-order chi connectivity index (χ0) is 15.9. The molecular weight excluding hydrogens is 292 g/mol. The summed E-state index contributed by atoms with van der Waals surface area (Å²) in [5.41, 5.74) is 0.787. The Hall–Kier alpha value is -1.00. The third kappa shape index (κ3) is 5.03. The highest BCUT2D eigenvalue weighted by Crippen LogP contribution is 2.21. The third-order valence-electron chi connectivity index (χ3n) is 4.23. The van der Waals surface area contributed by atoms with Gasteiger partial charge in [0.05, 0.1) is 5.56 Å². The summed E-state index contributed by atoms with van der Waals surface area (Å²) in [7, 11) is 0. The van der Waals surface area contributed by atoms with E-state index in [0.29, 0.717) is 0 Å². The van der Waals surface area contributed by atoms with Crippen molar-refractivity contribution in [3.8, 4) is 0 Å². The number of amides is 1. The number of rotatable bonds is 6. The first-order valence-electron chi connectivity index (χ1n) is 8.23. The van der Waals surface area contributed by atoms with Gasteiger partial charge in [-0.3, -0.25) is 4.79 Å². The van der Waals surface area contributed by atoms with Gasteiger partial charge < -0.3 is 10.2 Å². The van der Waals surface area contributed by atoms with Crippen molar-refractivity contribution >= 4 is 17.7 Å². The summed E-state index contributed by atoms with van der Waals surface area (Å²) in [6.07, 6.45) is 4.37. The standard InChI is InChI=1S/C18H28N2OS/c1-14-11-15(2)13-20(12-14)10-6-9-19-18(21)16-7-4-5-8-17(16)22-3/h4-5,7-8,14-15H,6,9-13H2,1-3H3,(H,19,21)/t14-,15-/m1/s1. The lowest BCUT2D eigenvalue weighted by Crippen LogP contribution is -2.40. The van der Waals surface area contributed by atoms with E-state index in [2.05, 4.69) is 24.1 Å². The van der Waals surface area contributed by atoms with Gasteiger partial charge in [-0.1, -0.05) is 26.0 Å². The summed E-state index contributed by atoms with van der Waals surface area (Å²) in [5, 5.41) is 3.06. The molecule has 1 amide bonds. The van der Waals surface area contributed by atoms with E-state index in [9.17, 15) is 4.79 Å². The number of piperidine rings is 1. The minimum atomic E-state index is 0.0466. The monoisotopic (exact) mass is 320 g/mol. The van der Waals surface area contributed by atoms with Crippen LogP contribution >= 0.6 is 11.8 Å². The van der Waals surface area contributed by atoms with Gasteiger partial charge in [-0.05, 0) is 49.6 Å². The van der Waals surface area contributed by atoms with E-state index in [4.69, 9.17) is 0 Å². The highest BCUT2D eigenvalue weighted by molar-refractivity contribution is 7.98. The Balaban J connectivity index is 1.73. The van der Waals surface area contributed by atoms with Crippen molar-refractivity contribution in [2.24, 2.45) is 11.8 Å². The lowest BCUT2D eigenvalue weighted by molar-refractivity contribution is 0.0944. The molecule has 2 rings (SSSR count). The van der Waals surface area contributed by atoms with Crippen LogP contribution in [-0.2, 0) is 0 Å². The van der Waals surface area contributed by atoms with E-state index < -0.39 is 0 Å². The number of carbonyl (C=O) groups is 1. The van der Waals surface area contributed by atoms with Crippen LogP contribution in [0.2, 0.25) is 0 Å². The van der Waals surface area contributed by atoms with Crippen LogP contribution in [0.3, 0.4) is 0 Å². The maximum Gasteiger partial charge on any atom is 0.252 e. The minimum absolute atomic E-state index is 0.0466. The molecule has 0 saturated carbocycles. The summed E-state index contributed by atoms with van der Waals surface area (Å²) in [6, 6.07) is 7.79. The van der Waals surface area contributed by atoms with Gasteiger partial charge in [0.1, 0.15) is 0 Å². The molecule has 1 fully saturated rings. The van der Waals surface area contributed by atoms with Gasteiger partial charge in [0.15, 0.2) is 0 Å². The van der Waals surface area contributed by atoms with Crippen molar-refractivity contribution in [2.75, 3.05) is 32.4 Å². The highest BCUT2D eigenvalue weighted by Gasteiger charge is 2.21. The van der Waals surface area contributed by atoms with Gasteiger partial charge in [-0.25, -0.2) is 0 Å². The lowest BCUT2D eigenvalue weighted by atomic mass is 9.92. The summed E-state index contributed by atoms with van der Waals surface area (Å²) >= 11 is 1.62. The van der Waals surface area contributed by atoms with Crippen LogP contribution in [0.4, 0.5) is 0 Å². The Bertz CT molecular complexity index is 482. The molecular formula is C18H28N2OS. The van der Waals surface area contributed by atoms with Crippen LogP contribution in [0.1, 0.15) is 37.0 Å². The van der Waals surface area contributed by atoms with Crippen LogP contribution < -0.4 is 5.32 Å². The molecule has 122 valence electrons. The second-order valence-electron chi connectivity index (χ2n) is 6.52. The fourth-order valence-corrected chi connectivity index (χ4v) is 4.00. The van der Waals surface area contributed by atoms with Crippen LogP contribution in [0.5, 0.6) is 0 Å². The number of hydrogen-bond donors (Lipinski definition) is 1. The number of hydrogen-bond acceptors (Lipinski definition) is 3. The molecule has 1 aliphatic heterocycles. The van der Waals surface area contributed by atoms with Crippen LogP contribution in [0, 0.1) is 11.8 Å². The van der Waals surface area contributed by atoms with E-state index in [0.717, 1.165) is 41.8 Å². The van der Waals surface area contributed by atoms with E-state index in [1.807, 2.05) is 30.5 Å². The summed E-state index contributed by atoms with van der Waals surface area (Å²) in [4.78, 5) is 15.8. The van der Waals surface area contributed by atoms with E-state index in [1.54, 1.807) is 11.8 Å². The number of thioether (sulfide) groups is 1. The predicted molar refractivity (Wildman–Crippen MR) is 94.6 cm³/mol. The van der Waals surface area contributed by atoms with Crippen molar-refractivity contribution in [3.63, 3.8) is 0 Å². The average Bonchev–Trinajstić information content (AvgIpc) is 2.50. The van der Waals surface area contributed by atoms with Crippen LogP contribution in [-0.4, -0.2) is 43.2 Å². The van der Waals surface area contributed by atoms with Gasteiger partial charge in [0.25, 0.3) is 5.91 Å². The van der Waals surface area contributed by atoms with Crippen molar-refractivity contribution < 1.29 is 4.79 Å². The Labute approximate surface area is 138 Å². The summed E-state index contributed by atoms with van der Waals surface area (Å²) < 4.78 is 0. The minimum Gasteiger partial charge on any atom is -0.352 e. The summed E-state index contributed by atoms with van der Waals surface area (Å²) in [6.45, 7) is 8.91. The molecule has 0 aliphatic carbocycles. The molecule has 2 atom stereocenters. The van der Waals surface area contributed by atoms with Crippen molar-refractivity contribution in [3.05, 3.63) is 29.8 Å². The molecule has 0 spiro atoms. The molecule has 1 aliphatic rings. The van der Waals surface area contributed by atoms with Gasteiger partial charge >= 0.3 is 0 Å². The van der Waals surface area contributed by atoms with Gasteiger partial charge in [0, 0.05) is 24.5 Å². The molecule has 4 heteroatoms. The molecule has 1 aromatic rings. The summed E-state index contributed by atoms with van der Waals surface area (Å²) in [5.74, 6) is 1.64. The molecule has 0 aromatic heterocycles. The lowest BCUT2D eigenvalue weighted by Gasteiger charge is -2.34. The second kappa shape index (κ2) is 8.59. The Morgan fingerprint density at radius 2 is 1.95 bits per heavy atom. The fraction of sp³-hybridized carbons (Fsp3) is 0.611. The molecule has 1 N–H and O–H groups in total. The van der Waals surface area contributed by atoms with Crippen molar-refractivity contribution in [1.82, 2.24) is 10.2 Å². The number of nitrogens with zero attached hydrogens (tertiary/aromatic N) is 1. The number of carbonyl (C=O) groups excluding carboxylic acids is 1. The first-order valence-corrected chi connectivity index (χ1v) is 9.46. The molecule has 0 bridgehead atoms. The Morgan fingerprint density at radius 1 is 1.27 bits per heavy atom. The Kier molecular flexibility index (Phi) is 6.77. The average molecular weight is 321 g/mol. The smallest absolute Gasteiger partial charge is 0.252 e. The van der Waals surface area contributed by atoms with Gasteiger partial charge in [0.2, 0.25) is 0 Å². The SMILES string of the molecule is CSc1ccccc1C(=O)NCCCN1C[C@H](C)C[C@@H](C)C1. The predicted octanol–water partition coefficient (Wildman–Crippen LogP) is 3.51. The molecule has 3 nitrogen and oxygen atoms in total. The zero-order valence-corrected chi connectivity index (χ0v) is 14.8. The maximum atomic E-state index is 12.2. The van der Waals surface area contributed by atoms with E-state index in [1.165, 1.54) is 19.5 Å². The van der Waals surface area contributed by atoms with Crippen molar-refractivity contribution in [2.45, 2.75) is 31.6 Å². The van der Waals surface area contributed by atoms with Gasteiger partial charge in [-0.2, -0.15) is 0 Å². The van der Waals surface area contributed by atoms with Crippen molar-refractivity contribution in [1.29, 1.82) is 0 Å². The molecule has 1 aromatic carbocycles. The maximum absolute atomic E-state index is 12.2.